The van der Waals surface area contributed by atoms with Crippen molar-refractivity contribution in [2.75, 3.05) is 11.4 Å². The molecule has 2 rings (SSSR count). The zero-order valence-corrected chi connectivity index (χ0v) is 9.28. The highest BCUT2D eigenvalue weighted by Crippen LogP contribution is 2.25. The highest BCUT2D eigenvalue weighted by Gasteiger charge is 2.33. The normalized spacial score (nSPS) is 20.2. The Morgan fingerprint density at radius 2 is 2.00 bits per heavy atom. The summed E-state index contributed by atoms with van der Waals surface area (Å²) in [4.78, 5) is 24.2. The number of hydrogen-bond donors (Lipinski definition) is 1. The molecule has 1 aliphatic rings. The number of nitrogens with zero attached hydrogens (tertiary/aromatic N) is 1. The summed E-state index contributed by atoms with van der Waals surface area (Å²) in [6.45, 7) is 0.357. The van der Waals surface area contributed by atoms with Crippen LogP contribution in [0.3, 0.4) is 0 Å². The summed E-state index contributed by atoms with van der Waals surface area (Å²) in [5, 5.41) is 0.613. The van der Waals surface area contributed by atoms with Crippen LogP contribution in [-0.2, 0) is 9.59 Å². The van der Waals surface area contributed by atoms with E-state index in [2.05, 4.69) is 0 Å². The lowest BCUT2D eigenvalue weighted by Gasteiger charge is -2.15. The van der Waals surface area contributed by atoms with Crippen LogP contribution in [-0.4, -0.2) is 18.4 Å². The van der Waals surface area contributed by atoms with Gasteiger partial charge in [0.2, 0.25) is 11.8 Å². The van der Waals surface area contributed by atoms with Gasteiger partial charge in [-0.15, -0.1) is 0 Å². The summed E-state index contributed by atoms with van der Waals surface area (Å²) >= 11 is 5.76. The fraction of sp³-hybridized carbons (Fsp3) is 0.273. The molecule has 0 spiro atoms. The second-order valence-corrected chi connectivity index (χ2v) is 4.22. The summed E-state index contributed by atoms with van der Waals surface area (Å²) in [6.07, 6.45) is 0.192. The van der Waals surface area contributed by atoms with Crippen molar-refractivity contribution in [3.8, 4) is 0 Å². The summed E-state index contributed by atoms with van der Waals surface area (Å²) in [6, 6.07) is 6.93. The number of amides is 2. The summed E-state index contributed by atoms with van der Waals surface area (Å²) in [7, 11) is 0. The van der Waals surface area contributed by atoms with Crippen molar-refractivity contribution in [2.45, 2.75) is 6.42 Å². The maximum atomic E-state index is 11.7. The molecule has 1 saturated heterocycles. The molecule has 0 aliphatic carbocycles. The zero-order valence-electron chi connectivity index (χ0n) is 8.52. The van der Waals surface area contributed by atoms with E-state index >= 15 is 0 Å². The fourth-order valence-electron chi connectivity index (χ4n) is 1.77. The molecule has 5 heteroatoms. The first-order valence-corrected chi connectivity index (χ1v) is 5.31. The van der Waals surface area contributed by atoms with E-state index in [0.29, 0.717) is 11.6 Å². The van der Waals surface area contributed by atoms with E-state index in [9.17, 15) is 9.59 Å². The molecule has 1 aliphatic heterocycles. The lowest BCUT2D eigenvalue weighted by molar-refractivity contribution is -0.123. The molecule has 4 nitrogen and oxygen atoms in total. The van der Waals surface area contributed by atoms with Crippen LogP contribution in [0.25, 0.3) is 0 Å². The topological polar surface area (TPSA) is 63.4 Å². The van der Waals surface area contributed by atoms with Gasteiger partial charge in [0.1, 0.15) is 0 Å². The molecule has 0 saturated carbocycles. The highest BCUT2D eigenvalue weighted by atomic mass is 35.5. The summed E-state index contributed by atoms with van der Waals surface area (Å²) in [5.74, 6) is -0.890. The van der Waals surface area contributed by atoms with Crippen LogP contribution < -0.4 is 10.6 Å². The van der Waals surface area contributed by atoms with Crippen LogP contribution in [0.5, 0.6) is 0 Å². The minimum atomic E-state index is -0.426. The van der Waals surface area contributed by atoms with E-state index in [-0.39, 0.29) is 18.2 Å². The van der Waals surface area contributed by atoms with Gasteiger partial charge in [0.05, 0.1) is 5.92 Å². The maximum absolute atomic E-state index is 11.7. The van der Waals surface area contributed by atoms with E-state index < -0.39 is 5.91 Å². The first kappa shape index (κ1) is 11.0. The van der Waals surface area contributed by atoms with Crippen molar-refractivity contribution in [3.05, 3.63) is 29.3 Å². The number of anilines is 1. The number of primary amides is 1. The van der Waals surface area contributed by atoms with Crippen LogP contribution in [0.4, 0.5) is 5.69 Å². The van der Waals surface area contributed by atoms with Gasteiger partial charge in [0.15, 0.2) is 0 Å². The minimum Gasteiger partial charge on any atom is -0.369 e. The predicted octanol–water partition coefficient (Wildman–Crippen LogP) is 1.18. The maximum Gasteiger partial charge on any atom is 0.227 e. The van der Waals surface area contributed by atoms with Gasteiger partial charge in [-0.3, -0.25) is 9.59 Å². The monoisotopic (exact) mass is 238 g/mol. The number of carbonyl (C=O) groups excluding carboxylic acids is 2. The lowest BCUT2D eigenvalue weighted by atomic mass is 10.1. The van der Waals surface area contributed by atoms with Gasteiger partial charge < -0.3 is 10.6 Å². The third-order valence-electron chi connectivity index (χ3n) is 2.67. The van der Waals surface area contributed by atoms with E-state index in [4.69, 9.17) is 17.3 Å². The Morgan fingerprint density at radius 1 is 1.38 bits per heavy atom. The van der Waals surface area contributed by atoms with Crippen molar-refractivity contribution >= 4 is 29.1 Å². The molecule has 1 aromatic rings. The molecule has 1 heterocycles. The largest absolute Gasteiger partial charge is 0.369 e. The van der Waals surface area contributed by atoms with Gasteiger partial charge in [0, 0.05) is 23.7 Å². The third-order valence-corrected chi connectivity index (χ3v) is 2.92. The molecule has 0 bridgehead atoms. The van der Waals surface area contributed by atoms with Crippen LogP contribution in [0, 0.1) is 5.92 Å². The molecule has 2 amide bonds. The zero-order chi connectivity index (χ0) is 11.7. The average molecular weight is 239 g/mol. The number of hydrogen-bond acceptors (Lipinski definition) is 2. The van der Waals surface area contributed by atoms with E-state index in [0.717, 1.165) is 5.69 Å². The quantitative estimate of drug-likeness (QED) is 0.841. The molecule has 0 radical (unpaired) electrons. The molecular formula is C11H11ClN2O2. The number of carbonyl (C=O) groups is 2. The molecule has 84 valence electrons. The van der Waals surface area contributed by atoms with Crippen LogP contribution >= 0.6 is 11.6 Å². The second kappa shape index (κ2) is 4.14. The molecule has 0 aromatic heterocycles. The Kier molecular flexibility index (Phi) is 2.83. The van der Waals surface area contributed by atoms with Gasteiger partial charge in [-0.05, 0) is 24.3 Å². The smallest absolute Gasteiger partial charge is 0.227 e. The van der Waals surface area contributed by atoms with Crippen molar-refractivity contribution in [2.24, 2.45) is 11.7 Å². The fourth-order valence-corrected chi connectivity index (χ4v) is 1.89. The Morgan fingerprint density at radius 3 is 2.50 bits per heavy atom. The minimum absolute atomic E-state index is 0.0777. The average Bonchev–Trinajstić information content (AvgIpc) is 2.62. The Labute approximate surface area is 98.0 Å². The van der Waals surface area contributed by atoms with Crippen molar-refractivity contribution in [3.63, 3.8) is 0 Å². The van der Waals surface area contributed by atoms with Gasteiger partial charge >= 0.3 is 0 Å². The Hall–Kier alpha value is -1.55. The van der Waals surface area contributed by atoms with E-state index in [1.165, 1.54) is 0 Å². The van der Waals surface area contributed by atoms with Crippen molar-refractivity contribution in [1.82, 2.24) is 0 Å². The van der Waals surface area contributed by atoms with Crippen LogP contribution in [0.1, 0.15) is 6.42 Å². The third kappa shape index (κ3) is 2.02. The standard InChI is InChI=1S/C11H11ClN2O2/c12-8-1-3-9(4-2-8)14-6-7(11(13)16)5-10(14)15/h1-4,7H,5-6H2,(H2,13,16)/t7-/m0/s1. The molecule has 1 fully saturated rings. The molecule has 16 heavy (non-hydrogen) atoms. The van der Waals surface area contributed by atoms with Crippen molar-refractivity contribution < 1.29 is 9.59 Å². The predicted molar refractivity (Wildman–Crippen MR) is 61.1 cm³/mol. The van der Waals surface area contributed by atoms with Crippen LogP contribution in [0.15, 0.2) is 24.3 Å². The van der Waals surface area contributed by atoms with Crippen LogP contribution in [0.2, 0.25) is 5.02 Å². The lowest BCUT2D eigenvalue weighted by Crippen LogP contribution is -2.28. The summed E-state index contributed by atoms with van der Waals surface area (Å²) < 4.78 is 0. The number of halogens is 1. The van der Waals surface area contributed by atoms with E-state index in [1.54, 1.807) is 29.2 Å². The Bertz CT molecular complexity index is 430. The van der Waals surface area contributed by atoms with Gasteiger partial charge in [-0.1, -0.05) is 11.6 Å². The molecule has 1 aromatic carbocycles. The van der Waals surface area contributed by atoms with Gasteiger partial charge in [0.25, 0.3) is 0 Å². The summed E-state index contributed by atoms with van der Waals surface area (Å²) in [5.41, 5.74) is 5.93. The number of nitrogens with two attached hydrogens (primary N) is 1. The molecule has 0 unspecified atom stereocenters. The Balaban J connectivity index is 2.20. The molecule has 1 atom stereocenters. The number of rotatable bonds is 2. The van der Waals surface area contributed by atoms with Gasteiger partial charge in [-0.2, -0.15) is 0 Å². The van der Waals surface area contributed by atoms with Gasteiger partial charge in [-0.25, -0.2) is 0 Å². The second-order valence-electron chi connectivity index (χ2n) is 3.78. The first-order chi connectivity index (χ1) is 7.58. The molecular weight excluding hydrogens is 228 g/mol. The first-order valence-electron chi connectivity index (χ1n) is 4.93. The van der Waals surface area contributed by atoms with Crippen molar-refractivity contribution in [1.29, 1.82) is 0 Å². The van der Waals surface area contributed by atoms with E-state index in [1.807, 2.05) is 0 Å². The number of benzene rings is 1. The SMILES string of the molecule is NC(=O)[C@H]1CC(=O)N(c2ccc(Cl)cc2)C1. The molecule has 2 N–H and O–H groups in total. The highest BCUT2D eigenvalue weighted by molar-refractivity contribution is 6.30.